The van der Waals surface area contributed by atoms with Crippen LogP contribution in [0.15, 0.2) is 0 Å². The lowest BCUT2D eigenvalue weighted by Gasteiger charge is -2.13. The van der Waals surface area contributed by atoms with Crippen molar-refractivity contribution < 1.29 is 14.3 Å². The van der Waals surface area contributed by atoms with Crippen molar-refractivity contribution in [2.45, 2.75) is 12.8 Å². The molecule has 0 aromatic carbocycles. The van der Waals surface area contributed by atoms with Gasteiger partial charge in [0.05, 0.1) is 0 Å². The summed E-state index contributed by atoms with van der Waals surface area (Å²) in [4.78, 5) is 23.0. The van der Waals surface area contributed by atoms with Crippen LogP contribution in [0.1, 0.15) is 12.8 Å². The predicted molar refractivity (Wildman–Crippen MR) is 41.3 cm³/mol. The molecule has 12 heavy (non-hydrogen) atoms. The fraction of sp³-hybridized carbons (Fsp3) is 0.714. The summed E-state index contributed by atoms with van der Waals surface area (Å²) in [7, 11) is 0. The maximum atomic E-state index is 11.1. The molecule has 0 atom stereocenters. The minimum atomic E-state index is -0.900. The molecule has 2 amide bonds. The zero-order valence-corrected chi connectivity index (χ0v) is 6.78. The summed E-state index contributed by atoms with van der Waals surface area (Å²) in [6.07, 6.45) is 1.16. The van der Waals surface area contributed by atoms with E-state index in [1.54, 1.807) is 4.90 Å². The number of ether oxygens (including phenoxy) is 1. The lowest BCUT2D eigenvalue weighted by molar-refractivity contribution is -0.133. The molecule has 0 saturated carbocycles. The van der Waals surface area contributed by atoms with Gasteiger partial charge in [0.1, 0.15) is 0 Å². The van der Waals surface area contributed by atoms with Gasteiger partial charge in [0.15, 0.2) is 6.61 Å². The second-order valence-corrected chi connectivity index (χ2v) is 2.70. The third-order valence-corrected chi connectivity index (χ3v) is 1.80. The largest absolute Gasteiger partial charge is 0.440 e. The second-order valence-electron chi connectivity index (χ2n) is 2.70. The number of carbonyl (C=O) groups is 2. The molecular weight excluding hydrogens is 160 g/mol. The number of nitrogens with two attached hydrogens (primary N) is 1. The fourth-order valence-corrected chi connectivity index (χ4v) is 1.19. The molecule has 5 heteroatoms. The van der Waals surface area contributed by atoms with Crippen molar-refractivity contribution in [3.05, 3.63) is 0 Å². The van der Waals surface area contributed by atoms with Crippen LogP contribution in [0.5, 0.6) is 0 Å². The molecule has 0 spiro atoms. The fourth-order valence-electron chi connectivity index (χ4n) is 1.19. The number of hydrogen-bond acceptors (Lipinski definition) is 3. The standard InChI is InChI=1S/C7H12N2O3/c8-7(11)12-5-6(10)9-3-1-2-4-9/h1-5H2,(H2,8,11). The van der Waals surface area contributed by atoms with Crippen LogP contribution in [0.2, 0.25) is 0 Å². The molecule has 1 saturated heterocycles. The molecule has 0 bridgehead atoms. The Hall–Kier alpha value is -1.26. The van der Waals surface area contributed by atoms with Crippen LogP contribution in [-0.4, -0.2) is 36.6 Å². The summed E-state index contributed by atoms with van der Waals surface area (Å²) in [6, 6.07) is 0. The van der Waals surface area contributed by atoms with Gasteiger partial charge in [0, 0.05) is 13.1 Å². The highest BCUT2D eigenvalue weighted by atomic mass is 16.5. The molecule has 1 fully saturated rings. The Morgan fingerprint density at radius 1 is 1.33 bits per heavy atom. The summed E-state index contributed by atoms with van der Waals surface area (Å²) >= 11 is 0. The van der Waals surface area contributed by atoms with E-state index in [1.165, 1.54) is 0 Å². The molecule has 68 valence electrons. The maximum absolute atomic E-state index is 11.1. The lowest BCUT2D eigenvalue weighted by Crippen LogP contribution is -2.32. The monoisotopic (exact) mass is 172 g/mol. The normalized spacial score (nSPS) is 16.2. The van der Waals surface area contributed by atoms with Gasteiger partial charge in [-0.1, -0.05) is 0 Å². The molecule has 1 aliphatic heterocycles. The molecule has 2 N–H and O–H groups in total. The topological polar surface area (TPSA) is 72.6 Å². The molecule has 0 aromatic rings. The molecular formula is C7H12N2O3. The summed E-state index contributed by atoms with van der Waals surface area (Å²) < 4.78 is 4.36. The molecule has 1 heterocycles. The van der Waals surface area contributed by atoms with Gasteiger partial charge in [-0.2, -0.15) is 0 Å². The zero-order valence-electron chi connectivity index (χ0n) is 6.78. The average molecular weight is 172 g/mol. The predicted octanol–water partition coefficient (Wildman–Crippen LogP) is -0.296. The van der Waals surface area contributed by atoms with E-state index in [2.05, 4.69) is 4.74 Å². The molecule has 0 radical (unpaired) electrons. The quantitative estimate of drug-likeness (QED) is 0.621. The lowest BCUT2D eigenvalue weighted by atomic mass is 10.4. The van der Waals surface area contributed by atoms with Gasteiger partial charge < -0.3 is 15.4 Å². The van der Waals surface area contributed by atoms with E-state index in [1.807, 2.05) is 0 Å². The highest BCUT2D eigenvalue weighted by Crippen LogP contribution is 2.06. The molecule has 0 aliphatic carbocycles. The number of primary amides is 1. The Kier molecular flexibility index (Phi) is 2.90. The first kappa shape index (κ1) is 8.83. The average Bonchev–Trinajstić information content (AvgIpc) is 2.51. The van der Waals surface area contributed by atoms with E-state index in [4.69, 9.17) is 5.73 Å². The van der Waals surface area contributed by atoms with Crippen molar-refractivity contribution in [2.24, 2.45) is 5.73 Å². The number of amides is 2. The van der Waals surface area contributed by atoms with E-state index >= 15 is 0 Å². The third-order valence-electron chi connectivity index (χ3n) is 1.80. The summed E-state index contributed by atoms with van der Waals surface area (Å²) in [5.74, 6) is -0.161. The molecule has 1 aliphatic rings. The Labute approximate surface area is 70.5 Å². The van der Waals surface area contributed by atoms with Crippen molar-refractivity contribution in [2.75, 3.05) is 19.7 Å². The molecule has 1 rings (SSSR count). The maximum Gasteiger partial charge on any atom is 0.405 e. The Bertz CT molecular complexity index is 187. The smallest absolute Gasteiger partial charge is 0.405 e. The number of nitrogens with zero attached hydrogens (tertiary/aromatic N) is 1. The van der Waals surface area contributed by atoms with Crippen LogP contribution in [0.3, 0.4) is 0 Å². The first-order valence-corrected chi connectivity index (χ1v) is 3.90. The third kappa shape index (κ3) is 2.41. The summed E-state index contributed by atoms with van der Waals surface area (Å²) in [6.45, 7) is 1.30. The number of carbonyl (C=O) groups excluding carboxylic acids is 2. The van der Waals surface area contributed by atoms with Gasteiger partial charge in [0.25, 0.3) is 5.91 Å². The van der Waals surface area contributed by atoms with E-state index < -0.39 is 6.09 Å². The minimum Gasteiger partial charge on any atom is -0.440 e. The van der Waals surface area contributed by atoms with Crippen molar-refractivity contribution >= 4 is 12.0 Å². The first-order valence-electron chi connectivity index (χ1n) is 3.90. The van der Waals surface area contributed by atoms with Crippen LogP contribution < -0.4 is 5.73 Å². The number of hydrogen-bond donors (Lipinski definition) is 1. The van der Waals surface area contributed by atoms with Crippen LogP contribution in [-0.2, 0) is 9.53 Å². The first-order chi connectivity index (χ1) is 5.70. The second kappa shape index (κ2) is 3.94. The molecule has 0 unspecified atom stereocenters. The van der Waals surface area contributed by atoms with Crippen molar-refractivity contribution in [3.8, 4) is 0 Å². The summed E-state index contributed by atoms with van der Waals surface area (Å²) in [5, 5.41) is 0. The minimum absolute atomic E-state index is 0.161. The number of likely N-dealkylation sites (tertiary alicyclic amines) is 1. The van der Waals surface area contributed by atoms with Crippen molar-refractivity contribution in [1.82, 2.24) is 4.90 Å². The Balaban J connectivity index is 2.23. The molecule has 5 nitrogen and oxygen atoms in total. The number of rotatable bonds is 2. The van der Waals surface area contributed by atoms with Gasteiger partial charge in [-0.25, -0.2) is 4.79 Å². The van der Waals surface area contributed by atoms with Crippen LogP contribution >= 0.6 is 0 Å². The molecule has 0 aromatic heterocycles. The van der Waals surface area contributed by atoms with Crippen molar-refractivity contribution in [1.29, 1.82) is 0 Å². The van der Waals surface area contributed by atoms with E-state index in [0.29, 0.717) is 0 Å². The van der Waals surface area contributed by atoms with Crippen LogP contribution in [0.25, 0.3) is 0 Å². The van der Waals surface area contributed by atoms with Gasteiger partial charge in [0.2, 0.25) is 0 Å². The van der Waals surface area contributed by atoms with Gasteiger partial charge >= 0.3 is 6.09 Å². The van der Waals surface area contributed by atoms with Crippen LogP contribution in [0, 0.1) is 0 Å². The Morgan fingerprint density at radius 3 is 2.42 bits per heavy atom. The highest BCUT2D eigenvalue weighted by molar-refractivity contribution is 5.80. The SMILES string of the molecule is NC(=O)OCC(=O)N1CCCC1. The highest BCUT2D eigenvalue weighted by Gasteiger charge is 2.18. The van der Waals surface area contributed by atoms with Gasteiger partial charge in [-0.15, -0.1) is 0 Å². The van der Waals surface area contributed by atoms with Gasteiger partial charge in [-0.05, 0) is 12.8 Å². The van der Waals surface area contributed by atoms with E-state index in [-0.39, 0.29) is 12.5 Å². The van der Waals surface area contributed by atoms with Crippen molar-refractivity contribution in [3.63, 3.8) is 0 Å². The summed E-state index contributed by atoms with van der Waals surface area (Å²) in [5.41, 5.74) is 4.71. The van der Waals surface area contributed by atoms with E-state index in [9.17, 15) is 9.59 Å². The zero-order chi connectivity index (χ0) is 8.97. The van der Waals surface area contributed by atoms with E-state index in [0.717, 1.165) is 25.9 Å². The Morgan fingerprint density at radius 2 is 1.92 bits per heavy atom. The van der Waals surface area contributed by atoms with Gasteiger partial charge in [-0.3, -0.25) is 4.79 Å². The van der Waals surface area contributed by atoms with Crippen LogP contribution in [0.4, 0.5) is 4.79 Å².